The molecule has 3 nitrogen and oxygen atoms in total. The zero-order chi connectivity index (χ0) is 10.7. The normalized spacial score (nSPS) is 11.1. The molecule has 0 aliphatic carbocycles. The summed E-state index contributed by atoms with van der Waals surface area (Å²) in [7, 11) is 3.97. The van der Waals surface area contributed by atoms with E-state index in [0.717, 1.165) is 6.54 Å². The number of fused-ring (bicyclic) bond motifs is 1. The van der Waals surface area contributed by atoms with Gasteiger partial charge in [0.15, 0.2) is 0 Å². The van der Waals surface area contributed by atoms with Crippen molar-refractivity contribution in [2.45, 2.75) is 6.54 Å². The second-order valence-electron chi connectivity index (χ2n) is 3.75. The molecule has 78 valence electrons. The van der Waals surface area contributed by atoms with E-state index in [4.69, 9.17) is 0 Å². The number of aromatic nitrogens is 1. The van der Waals surface area contributed by atoms with Crippen LogP contribution >= 0.6 is 0 Å². The lowest BCUT2D eigenvalue weighted by Gasteiger charge is -2.12. The largest absolute Gasteiger partial charge is 0.264 e. The molecule has 15 heavy (non-hydrogen) atoms. The molecule has 0 atom stereocenters. The van der Waals surface area contributed by atoms with Crippen molar-refractivity contribution in [3.63, 3.8) is 0 Å². The second kappa shape index (κ2) is 4.38. The molecular weight excluding hydrogens is 186 g/mol. The van der Waals surface area contributed by atoms with Crippen molar-refractivity contribution < 1.29 is 0 Å². The first-order valence-corrected chi connectivity index (χ1v) is 5.00. The average molecular weight is 201 g/mol. The van der Waals surface area contributed by atoms with Gasteiger partial charge in [-0.3, -0.25) is 15.4 Å². The van der Waals surface area contributed by atoms with Gasteiger partial charge in [-0.05, 0) is 10.9 Å². The van der Waals surface area contributed by atoms with Crippen LogP contribution in [-0.4, -0.2) is 24.1 Å². The van der Waals surface area contributed by atoms with Crippen LogP contribution in [-0.2, 0) is 6.54 Å². The van der Waals surface area contributed by atoms with E-state index in [1.165, 1.54) is 16.3 Å². The number of pyridine rings is 1. The third-order valence-electron chi connectivity index (χ3n) is 2.34. The summed E-state index contributed by atoms with van der Waals surface area (Å²) in [6, 6.07) is 8.31. The van der Waals surface area contributed by atoms with Gasteiger partial charge in [-0.15, -0.1) is 0 Å². The van der Waals surface area contributed by atoms with Crippen molar-refractivity contribution in [2.24, 2.45) is 0 Å². The molecular formula is C12H15N3. The summed E-state index contributed by atoms with van der Waals surface area (Å²) >= 11 is 0. The maximum atomic E-state index is 4.23. The Morgan fingerprint density at radius 3 is 2.80 bits per heavy atom. The smallest absolute Gasteiger partial charge is 0.0374 e. The minimum atomic E-state index is 0.807. The minimum absolute atomic E-state index is 0.807. The fourth-order valence-corrected chi connectivity index (χ4v) is 1.56. The Bertz CT molecular complexity index is 446. The molecule has 1 aromatic carbocycles. The highest BCUT2D eigenvalue weighted by Gasteiger charge is 2.00. The third kappa shape index (κ3) is 2.32. The fraction of sp³-hybridized carbons (Fsp3) is 0.250. The lowest BCUT2D eigenvalue weighted by atomic mass is 10.1. The molecule has 1 aromatic heterocycles. The molecule has 0 bridgehead atoms. The van der Waals surface area contributed by atoms with E-state index in [2.05, 4.69) is 28.6 Å². The van der Waals surface area contributed by atoms with Crippen molar-refractivity contribution in [3.8, 4) is 0 Å². The standard InChI is InChI=1S/C12H15N3/c1-15(2)14-9-11-8-13-7-10-5-3-4-6-12(10)11/h3-8,14H,9H2,1-2H3. The molecule has 2 rings (SSSR count). The second-order valence-corrected chi connectivity index (χ2v) is 3.75. The number of hydrogen-bond donors (Lipinski definition) is 1. The SMILES string of the molecule is CN(C)NCc1cncc2ccccc12. The van der Waals surface area contributed by atoms with E-state index in [-0.39, 0.29) is 0 Å². The molecule has 0 unspecified atom stereocenters. The monoisotopic (exact) mass is 201 g/mol. The van der Waals surface area contributed by atoms with Crippen LogP contribution in [0.1, 0.15) is 5.56 Å². The van der Waals surface area contributed by atoms with Crippen LogP contribution < -0.4 is 5.43 Å². The summed E-state index contributed by atoms with van der Waals surface area (Å²) in [5.74, 6) is 0. The highest BCUT2D eigenvalue weighted by Crippen LogP contribution is 2.16. The maximum Gasteiger partial charge on any atom is 0.0374 e. The van der Waals surface area contributed by atoms with Gasteiger partial charge in [0.25, 0.3) is 0 Å². The Morgan fingerprint density at radius 1 is 1.20 bits per heavy atom. The number of benzene rings is 1. The Labute approximate surface area is 89.7 Å². The first-order valence-electron chi connectivity index (χ1n) is 5.00. The van der Waals surface area contributed by atoms with Gasteiger partial charge >= 0.3 is 0 Å². The van der Waals surface area contributed by atoms with Gasteiger partial charge in [-0.1, -0.05) is 24.3 Å². The molecule has 2 aromatic rings. The molecule has 3 heteroatoms. The average Bonchev–Trinajstić information content (AvgIpc) is 2.26. The maximum absolute atomic E-state index is 4.23. The predicted molar refractivity (Wildman–Crippen MR) is 62.3 cm³/mol. The quantitative estimate of drug-likeness (QED) is 0.767. The third-order valence-corrected chi connectivity index (χ3v) is 2.34. The van der Waals surface area contributed by atoms with Crippen molar-refractivity contribution in [1.29, 1.82) is 0 Å². The van der Waals surface area contributed by atoms with Crippen molar-refractivity contribution in [1.82, 2.24) is 15.4 Å². The lowest BCUT2D eigenvalue weighted by Crippen LogP contribution is -2.29. The van der Waals surface area contributed by atoms with Crippen LogP contribution in [0.4, 0.5) is 0 Å². The number of nitrogens with one attached hydrogen (secondary N) is 1. The minimum Gasteiger partial charge on any atom is -0.264 e. The molecule has 0 radical (unpaired) electrons. The Balaban J connectivity index is 2.34. The van der Waals surface area contributed by atoms with E-state index < -0.39 is 0 Å². The molecule has 0 fully saturated rings. The van der Waals surface area contributed by atoms with Gasteiger partial charge in [-0.2, -0.15) is 0 Å². The number of rotatable bonds is 3. The lowest BCUT2D eigenvalue weighted by molar-refractivity contribution is 0.286. The first kappa shape index (κ1) is 10.1. The van der Waals surface area contributed by atoms with Gasteiger partial charge in [0.2, 0.25) is 0 Å². The summed E-state index contributed by atoms with van der Waals surface area (Å²) in [6.07, 6.45) is 3.81. The van der Waals surface area contributed by atoms with Crippen LogP contribution in [0.5, 0.6) is 0 Å². The van der Waals surface area contributed by atoms with Gasteiger partial charge < -0.3 is 0 Å². The van der Waals surface area contributed by atoms with E-state index in [1.807, 2.05) is 37.6 Å². The van der Waals surface area contributed by atoms with Gasteiger partial charge in [0.05, 0.1) is 0 Å². The zero-order valence-electron chi connectivity index (χ0n) is 9.07. The summed E-state index contributed by atoms with van der Waals surface area (Å²) in [5, 5.41) is 4.40. The van der Waals surface area contributed by atoms with Crippen LogP contribution in [0.25, 0.3) is 10.8 Å². The van der Waals surface area contributed by atoms with E-state index >= 15 is 0 Å². The number of nitrogens with zero attached hydrogens (tertiary/aromatic N) is 2. The topological polar surface area (TPSA) is 28.2 Å². The molecule has 0 saturated carbocycles. The number of hydrogen-bond acceptors (Lipinski definition) is 3. The summed E-state index contributed by atoms with van der Waals surface area (Å²) in [6.45, 7) is 0.807. The first-order chi connectivity index (χ1) is 7.27. The van der Waals surface area contributed by atoms with Crippen LogP contribution in [0.3, 0.4) is 0 Å². The molecule has 0 spiro atoms. The van der Waals surface area contributed by atoms with Gasteiger partial charge in [-0.25, -0.2) is 0 Å². The van der Waals surface area contributed by atoms with Crippen LogP contribution in [0.2, 0.25) is 0 Å². The van der Waals surface area contributed by atoms with Crippen molar-refractivity contribution in [3.05, 3.63) is 42.2 Å². The van der Waals surface area contributed by atoms with Gasteiger partial charge in [0, 0.05) is 38.4 Å². The molecule has 1 N–H and O–H groups in total. The predicted octanol–water partition coefficient (Wildman–Crippen LogP) is 1.80. The Morgan fingerprint density at radius 2 is 2.00 bits per heavy atom. The molecule has 1 heterocycles. The van der Waals surface area contributed by atoms with Crippen molar-refractivity contribution in [2.75, 3.05) is 14.1 Å². The Kier molecular flexibility index (Phi) is 2.94. The van der Waals surface area contributed by atoms with Crippen LogP contribution in [0, 0.1) is 0 Å². The fourth-order valence-electron chi connectivity index (χ4n) is 1.56. The Hall–Kier alpha value is -1.45. The van der Waals surface area contributed by atoms with E-state index in [9.17, 15) is 0 Å². The number of hydrazine groups is 1. The zero-order valence-corrected chi connectivity index (χ0v) is 9.07. The van der Waals surface area contributed by atoms with Crippen molar-refractivity contribution >= 4 is 10.8 Å². The highest BCUT2D eigenvalue weighted by atomic mass is 15.5. The molecule has 0 aliphatic rings. The molecule has 0 aliphatic heterocycles. The van der Waals surface area contributed by atoms with Crippen LogP contribution in [0.15, 0.2) is 36.7 Å². The highest BCUT2D eigenvalue weighted by molar-refractivity contribution is 5.84. The summed E-state index contributed by atoms with van der Waals surface area (Å²) in [5.41, 5.74) is 4.47. The molecule has 0 saturated heterocycles. The summed E-state index contributed by atoms with van der Waals surface area (Å²) < 4.78 is 0. The summed E-state index contributed by atoms with van der Waals surface area (Å²) in [4.78, 5) is 4.23. The van der Waals surface area contributed by atoms with Gasteiger partial charge in [0.1, 0.15) is 0 Å². The molecule has 0 amide bonds. The van der Waals surface area contributed by atoms with E-state index in [0.29, 0.717) is 0 Å². The van der Waals surface area contributed by atoms with E-state index in [1.54, 1.807) is 0 Å².